The van der Waals surface area contributed by atoms with E-state index in [9.17, 15) is 30.0 Å². The van der Waals surface area contributed by atoms with Crippen LogP contribution in [0.3, 0.4) is 0 Å². The fourth-order valence-electron chi connectivity index (χ4n) is 4.53. The van der Waals surface area contributed by atoms with E-state index in [0.29, 0.717) is 19.3 Å². The van der Waals surface area contributed by atoms with Gasteiger partial charge in [0.05, 0.1) is 24.7 Å². The summed E-state index contributed by atoms with van der Waals surface area (Å²) in [5.41, 5.74) is 0. The number of allylic oxidation sites excluding steroid dienone is 1. The van der Waals surface area contributed by atoms with E-state index >= 15 is 0 Å². The van der Waals surface area contributed by atoms with Gasteiger partial charge in [-0.25, -0.2) is 0 Å². The zero-order valence-corrected chi connectivity index (χ0v) is 22.8. The summed E-state index contributed by atoms with van der Waals surface area (Å²) in [7, 11) is 0. The van der Waals surface area contributed by atoms with Crippen LogP contribution < -0.4 is 0 Å². The van der Waals surface area contributed by atoms with Gasteiger partial charge in [0.1, 0.15) is 19.3 Å². The fraction of sp³-hybridized carbons (Fsp3) is 0.793. The largest absolute Gasteiger partial charge is 0.463 e. The maximum Gasteiger partial charge on any atom is 0.309 e. The van der Waals surface area contributed by atoms with E-state index in [0.717, 1.165) is 51.4 Å². The highest BCUT2D eigenvalue weighted by Gasteiger charge is 2.39. The molecule has 0 spiro atoms. The first-order chi connectivity index (χ1) is 17.8. The van der Waals surface area contributed by atoms with Gasteiger partial charge in [0.15, 0.2) is 0 Å². The molecule has 0 aromatic carbocycles. The molecule has 0 heterocycles. The molecule has 1 aliphatic rings. The van der Waals surface area contributed by atoms with Gasteiger partial charge < -0.3 is 29.9 Å². The lowest BCUT2D eigenvalue weighted by molar-refractivity contribution is -0.151. The summed E-state index contributed by atoms with van der Waals surface area (Å²) in [6, 6.07) is 0. The van der Waals surface area contributed by atoms with Crippen molar-refractivity contribution in [1.82, 2.24) is 0 Å². The molecule has 1 aliphatic carbocycles. The van der Waals surface area contributed by atoms with Gasteiger partial charge in [0, 0.05) is 18.8 Å². The Hall–Kier alpha value is -1.74. The summed E-state index contributed by atoms with van der Waals surface area (Å²) in [4.78, 5) is 23.7. The van der Waals surface area contributed by atoms with Crippen molar-refractivity contribution in [3.63, 3.8) is 0 Å². The quantitative estimate of drug-likeness (QED) is 0.106. The zero-order chi connectivity index (χ0) is 27.5. The van der Waals surface area contributed by atoms with E-state index in [1.165, 1.54) is 0 Å². The van der Waals surface area contributed by atoms with Crippen LogP contribution in [-0.4, -0.2) is 70.0 Å². The predicted octanol–water partition coefficient (Wildman–Crippen LogP) is 3.99. The number of carbonyl (C=O) groups excluding carboxylic acids is 2. The first-order valence-electron chi connectivity index (χ1n) is 14.1. The maximum atomic E-state index is 12.0. The number of ether oxygens (including phenoxy) is 2. The van der Waals surface area contributed by atoms with Crippen LogP contribution in [0.15, 0.2) is 24.3 Å². The molecule has 6 atom stereocenters. The molecule has 37 heavy (non-hydrogen) atoms. The minimum absolute atomic E-state index is 0.00624. The minimum Gasteiger partial charge on any atom is -0.463 e. The van der Waals surface area contributed by atoms with Crippen molar-refractivity contribution in [2.75, 3.05) is 13.2 Å². The Labute approximate surface area is 222 Å². The van der Waals surface area contributed by atoms with Crippen molar-refractivity contribution in [2.45, 2.75) is 122 Å². The summed E-state index contributed by atoms with van der Waals surface area (Å²) < 4.78 is 10.1. The molecule has 0 aliphatic heterocycles. The third kappa shape index (κ3) is 15.3. The van der Waals surface area contributed by atoms with E-state index < -0.39 is 30.4 Å². The SMILES string of the molecule is CCCCCCCC(=O)OC[C@@H](O)COC(=O)C/C=C\C[C@H]1[C@@H](/C=C/[C@H](O)CCCCC)[C@H](O)C[C@@H]1O. The van der Waals surface area contributed by atoms with Crippen LogP contribution in [0.25, 0.3) is 0 Å². The molecule has 4 N–H and O–H groups in total. The molecule has 0 saturated heterocycles. The van der Waals surface area contributed by atoms with Crippen LogP contribution in [0.2, 0.25) is 0 Å². The smallest absolute Gasteiger partial charge is 0.309 e. The summed E-state index contributed by atoms with van der Waals surface area (Å²) >= 11 is 0. The molecule has 1 saturated carbocycles. The standard InChI is InChI=1S/C29H50O8/c1-3-5-7-8-10-15-28(34)36-20-23(31)21-37-29(35)16-12-11-14-24-25(27(33)19-26(24)32)18-17-22(30)13-9-6-4-2/h11-12,17-18,22-27,30-33H,3-10,13-16,19-21H2,1-2H3/b12-11-,18-17+/t22-,23-,24+,25-,26+,27-/m1/s1. The monoisotopic (exact) mass is 526 g/mol. The number of rotatable bonds is 20. The van der Waals surface area contributed by atoms with Gasteiger partial charge in [0.25, 0.3) is 0 Å². The van der Waals surface area contributed by atoms with E-state index in [-0.39, 0.29) is 43.9 Å². The molecule has 0 aromatic heterocycles. The Morgan fingerprint density at radius 1 is 0.865 bits per heavy atom. The lowest BCUT2D eigenvalue weighted by atomic mass is 9.89. The molecule has 0 aromatic rings. The van der Waals surface area contributed by atoms with Crippen LogP contribution in [0, 0.1) is 11.8 Å². The van der Waals surface area contributed by atoms with Gasteiger partial charge in [-0.05, 0) is 25.2 Å². The molecule has 1 fully saturated rings. The van der Waals surface area contributed by atoms with Crippen LogP contribution in [0.4, 0.5) is 0 Å². The topological polar surface area (TPSA) is 134 Å². The molecular formula is C29H50O8. The Balaban J connectivity index is 2.29. The van der Waals surface area contributed by atoms with Crippen LogP contribution >= 0.6 is 0 Å². The maximum absolute atomic E-state index is 12.0. The van der Waals surface area contributed by atoms with Gasteiger partial charge in [-0.15, -0.1) is 0 Å². The van der Waals surface area contributed by atoms with Crippen molar-refractivity contribution >= 4 is 11.9 Å². The van der Waals surface area contributed by atoms with E-state index in [2.05, 4.69) is 13.8 Å². The Kier molecular flexibility index (Phi) is 18.2. The molecule has 0 radical (unpaired) electrons. The second kappa shape index (κ2) is 20.3. The molecule has 0 unspecified atom stereocenters. The van der Waals surface area contributed by atoms with Crippen LogP contribution in [-0.2, 0) is 19.1 Å². The number of hydrogen-bond donors (Lipinski definition) is 4. The second-order valence-corrected chi connectivity index (χ2v) is 10.2. The minimum atomic E-state index is -1.07. The summed E-state index contributed by atoms with van der Waals surface area (Å²) in [6.45, 7) is 3.78. The number of aliphatic hydroxyl groups excluding tert-OH is 4. The van der Waals surface area contributed by atoms with Gasteiger partial charge in [-0.2, -0.15) is 0 Å². The average Bonchev–Trinajstić information content (AvgIpc) is 3.14. The Morgan fingerprint density at radius 2 is 1.51 bits per heavy atom. The van der Waals surface area contributed by atoms with Crippen molar-refractivity contribution in [3.05, 3.63) is 24.3 Å². The highest BCUT2D eigenvalue weighted by atomic mass is 16.6. The predicted molar refractivity (Wildman–Crippen MR) is 143 cm³/mol. The van der Waals surface area contributed by atoms with E-state index in [4.69, 9.17) is 9.47 Å². The zero-order valence-electron chi connectivity index (χ0n) is 22.8. The number of hydrogen-bond acceptors (Lipinski definition) is 8. The third-order valence-electron chi connectivity index (χ3n) is 6.79. The van der Waals surface area contributed by atoms with Crippen molar-refractivity contribution in [2.24, 2.45) is 11.8 Å². The fourth-order valence-corrected chi connectivity index (χ4v) is 4.53. The average molecular weight is 527 g/mol. The van der Waals surface area contributed by atoms with E-state index in [1.807, 2.05) is 6.08 Å². The highest BCUT2D eigenvalue weighted by Crippen LogP contribution is 2.36. The second-order valence-electron chi connectivity index (χ2n) is 10.2. The number of aliphatic hydroxyl groups is 4. The molecule has 8 heteroatoms. The van der Waals surface area contributed by atoms with E-state index in [1.54, 1.807) is 18.2 Å². The van der Waals surface area contributed by atoms with Crippen LogP contribution in [0.5, 0.6) is 0 Å². The normalized spacial score (nSPS) is 23.5. The number of carbonyl (C=O) groups is 2. The molecular weight excluding hydrogens is 476 g/mol. The third-order valence-corrected chi connectivity index (χ3v) is 6.79. The molecule has 0 bridgehead atoms. The van der Waals surface area contributed by atoms with Crippen molar-refractivity contribution < 1.29 is 39.5 Å². The molecule has 0 amide bonds. The molecule has 8 nitrogen and oxygen atoms in total. The van der Waals surface area contributed by atoms with Crippen LogP contribution in [0.1, 0.15) is 97.3 Å². The summed E-state index contributed by atoms with van der Waals surface area (Å²) in [5.74, 6) is -1.34. The number of esters is 2. The first-order valence-corrected chi connectivity index (χ1v) is 14.1. The van der Waals surface area contributed by atoms with Crippen molar-refractivity contribution in [1.29, 1.82) is 0 Å². The Bertz CT molecular complexity index is 677. The summed E-state index contributed by atoms with van der Waals surface area (Å²) in [6.07, 6.45) is 14.0. The summed E-state index contributed by atoms with van der Waals surface area (Å²) in [5, 5.41) is 40.7. The lowest BCUT2D eigenvalue weighted by Gasteiger charge is -2.19. The van der Waals surface area contributed by atoms with Gasteiger partial charge in [-0.3, -0.25) is 9.59 Å². The van der Waals surface area contributed by atoms with Gasteiger partial charge >= 0.3 is 11.9 Å². The van der Waals surface area contributed by atoms with Gasteiger partial charge in [0.2, 0.25) is 0 Å². The lowest BCUT2D eigenvalue weighted by Crippen LogP contribution is -2.25. The molecule has 1 rings (SSSR count). The Morgan fingerprint density at radius 3 is 2.22 bits per heavy atom. The highest BCUT2D eigenvalue weighted by molar-refractivity contribution is 5.71. The molecule has 214 valence electrons. The van der Waals surface area contributed by atoms with Gasteiger partial charge in [-0.1, -0.05) is 83.1 Å². The van der Waals surface area contributed by atoms with Crippen molar-refractivity contribution in [3.8, 4) is 0 Å². The first kappa shape index (κ1) is 33.3. The number of unbranched alkanes of at least 4 members (excludes halogenated alkanes) is 6.